The Balaban J connectivity index is 1.97. The van der Waals surface area contributed by atoms with E-state index in [1.54, 1.807) is 17.4 Å². The van der Waals surface area contributed by atoms with E-state index in [0.717, 1.165) is 36.1 Å². The molecule has 0 aliphatic carbocycles. The molecular formula is C18H19ClNO2S+. The third kappa shape index (κ3) is 3.66. The Bertz CT molecular complexity index is 871. The number of rotatable bonds is 5. The first kappa shape index (κ1) is 16.2. The van der Waals surface area contributed by atoms with Gasteiger partial charge in [-0.3, -0.25) is 0 Å². The first-order chi connectivity index (χ1) is 11.1. The van der Waals surface area contributed by atoms with E-state index in [0.29, 0.717) is 10.6 Å². The second kappa shape index (κ2) is 6.87. The molecule has 0 saturated carbocycles. The Morgan fingerprint density at radius 3 is 2.78 bits per heavy atom. The summed E-state index contributed by atoms with van der Waals surface area (Å²) in [5.74, 6) is 0. The lowest BCUT2D eigenvalue weighted by atomic mass is 10.1. The number of halogens is 1. The molecule has 3 rings (SSSR count). The van der Waals surface area contributed by atoms with Gasteiger partial charge in [-0.25, -0.2) is 4.79 Å². The molecule has 0 aliphatic heterocycles. The van der Waals surface area contributed by atoms with Crippen LogP contribution in [0.2, 0.25) is 5.02 Å². The van der Waals surface area contributed by atoms with E-state index >= 15 is 0 Å². The largest absolute Gasteiger partial charge is 0.423 e. The number of aryl methyl sites for hydroxylation is 1. The van der Waals surface area contributed by atoms with Crippen molar-refractivity contribution in [2.45, 2.75) is 26.9 Å². The maximum Gasteiger partial charge on any atom is 0.336 e. The van der Waals surface area contributed by atoms with Gasteiger partial charge in [-0.15, -0.1) is 11.3 Å². The summed E-state index contributed by atoms with van der Waals surface area (Å²) in [6.45, 7) is 6.78. The van der Waals surface area contributed by atoms with Crippen molar-refractivity contribution in [2.75, 3.05) is 6.54 Å². The molecule has 2 heterocycles. The summed E-state index contributed by atoms with van der Waals surface area (Å²) in [6, 6.07) is 9.56. The normalized spacial score (nSPS) is 12.7. The summed E-state index contributed by atoms with van der Waals surface area (Å²) in [7, 11) is 0. The second-order valence-electron chi connectivity index (χ2n) is 5.72. The summed E-state index contributed by atoms with van der Waals surface area (Å²) in [5, 5.41) is 3.72. The summed E-state index contributed by atoms with van der Waals surface area (Å²) >= 11 is 8.03. The lowest BCUT2D eigenvalue weighted by Gasteiger charge is -2.18. The van der Waals surface area contributed by atoms with E-state index in [1.807, 2.05) is 19.1 Å². The van der Waals surface area contributed by atoms with Crippen LogP contribution in [0.25, 0.3) is 11.0 Å². The van der Waals surface area contributed by atoms with Crippen molar-refractivity contribution in [3.05, 3.63) is 67.2 Å². The molecule has 2 aromatic heterocycles. The van der Waals surface area contributed by atoms with Crippen molar-refractivity contribution >= 4 is 33.9 Å². The van der Waals surface area contributed by atoms with E-state index in [2.05, 4.69) is 24.4 Å². The van der Waals surface area contributed by atoms with Gasteiger partial charge < -0.3 is 9.32 Å². The zero-order valence-electron chi connectivity index (χ0n) is 13.2. The average molecular weight is 349 g/mol. The second-order valence-corrected chi connectivity index (χ2v) is 7.16. The van der Waals surface area contributed by atoms with Gasteiger partial charge in [-0.2, -0.15) is 0 Å². The number of hydrogen-bond donors (Lipinski definition) is 1. The highest BCUT2D eigenvalue weighted by Gasteiger charge is 2.14. The molecule has 1 N–H and O–H groups in total. The fourth-order valence-electron chi connectivity index (χ4n) is 2.74. The van der Waals surface area contributed by atoms with Gasteiger partial charge in [-0.05, 0) is 43.0 Å². The number of fused-ring (bicyclic) bond motifs is 1. The Hall–Kier alpha value is -1.62. The van der Waals surface area contributed by atoms with Crippen LogP contribution in [0.3, 0.4) is 0 Å². The Labute approximate surface area is 144 Å². The number of hydrogen-bond acceptors (Lipinski definition) is 3. The van der Waals surface area contributed by atoms with Crippen molar-refractivity contribution in [1.82, 2.24) is 0 Å². The topological polar surface area (TPSA) is 34.7 Å². The minimum Gasteiger partial charge on any atom is -0.423 e. The zero-order chi connectivity index (χ0) is 16.4. The zero-order valence-corrected chi connectivity index (χ0v) is 14.8. The third-order valence-corrected chi connectivity index (χ3v) is 5.34. The van der Waals surface area contributed by atoms with Crippen LogP contribution in [0.5, 0.6) is 0 Å². The molecule has 0 aliphatic rings. The van der Waals surface area contributed by atoms with E-state index in [9.17, 15) is 4.79 Å². The van der Waals surface area contributed by atoms with Crippen LogP contribution >= 0.6 is 22.9 Å². The van der Waals surface area contributed by atoms with E-state index in [4.69, 9.17) is 16.0 Å². The highest BCUT2D eigenvalue weighted by Crippen LogP contribution is 2.24. The molecule has 0 saturated heterocycles. The molecule has 120 valence electrons. The highest BCUT2D eigenvalue weighted by molar-refractivity contribution is 7.09. The summed E-state index contributed by atoms with van der Waals surface area (Å²) in [6.07, 6.45) is 0. The summed E-state index contributed by atoms with van der Waals surface area (Å²) < 4.78 is 5.34. The highest BCUT2D eigenvalue weighted by atomic mass is 35.5. The first-order valence-corrected chi connectivity index (χ1v) is 8.91. The molecule has 0 bridgehead atoms. The molecule has 3 aromatic rings. The Morgan fingerprint density at radius 1 is 1.26 bits per heavy atom. The van der Waals surface area contributed by atoms with Gasteiger partial charge in [0.05, 0.1) is 11.4 Å². The lowest BCUT2D eigenvalue weighted by Crippen LogP contribution is -3.09. The van der Waals surface area contributed by atoms with Gasteiger partial charge in [0.2, 0.25) is 0 Å². The summed E-state index contributed by atoms with van der Waals surface area (Å²) in [4.78, 5) is 14.6. The SMILES string of the molecule is CC[NH+](Cc1cccs1)Cc1cc(=O)oc2cc(C)c(Cl)cc12. The fraction of sp³-hybridized carbons (Fsp3) is 0.278. The van der Waals surface area contributed by atoms with Gasteiger partial charge >= 0.3 is 5.63 Å². The molecule has 1 atom stereocenters. The minimum absolute atomic E-state index is 0.305. The van der Waals surface area contributed by atoms with Crippen LogP contribution in [0, 0.1) is 6.92 Å². The predicted octanol–water partition coefficient (Wildman–Crippen LogP) is 3.42. The molecule has 1 unspecified atom stereocenters. The smallest absolute Gasteiger partial charge is 0.336 e. The molecule has 0 amide bonds. The van der Waals surface area contributed by atoms with Crippen LogP contribution in [-0.2, 0) is 13.1 Å². The van der Waals surface area contributed by atoms with Gasteiger partial charge in [0.25, 0.3) is 0 Å². The van der Waals surface area contributed by atoms with Crippen molar-refractivity contribution < 1.29 is 9.32 Å². The lowest BCUT2D eigenvalue weighted by molar-refractivity contribution is -0.925. The van der Waals surface area contributed by atoms with Crippen molar-refractivity contribution in [1.29, 1.82) is 0 Å². The van der Waals surface area contributed by atoms with Crippen molar-refractivity contribution in [3.8, 4) is 0 Å². The van der Waals surface area contributed by atoms with Crippen LogP contribution in [0.15, 0.2) is 44.9 Å². The molecule has 0 fully saturated rings. The van der Waals surface area contributed by atoms with Gasteiger partial charge in [0.1, 0.15) is 18.7 Å². The minimum atomic E-state index is -0.305. The van der Waals surface area contributed by atoms with Gasteiger partial charge in [0.15, 0.2) is 0 Å². The number of thiophene rings is 1. The number of benzene rings is 1. The van der Waals surface area contributed by atoms with Gasteiger partial charge in [-0.1, -0.05) is 17.7 Å². The number of quaternary nitrogens is 1. The van der Waals surface area contributed by atoms with E-state index in [-0.39, 0.29) is 5.63 Å². The molecule has 0 spiro atoms. The maximum atomic E-state index is 11.9. The average Bonchev–Trinajstić information content (AvgIpc) is 3.01. The Morgan fingerprint density at radius 2 is 2.09 bits per heavy atom. The van der Waals surface area contributed by atoms with Crippen LogP contribution in [-0.4, -0.2) is 6.54 Å². The first-order valence-electron chi connectivity index (χ1n) is 7.65. The van der Waals surface area contributed by atoms with Crippen LogP contribution < -0.4 is 10.5 Å². The number of nitrogens with one attached hydrogen (secondary N) is 1. The summed E-state index contributed by atoms with van der Waals surface area (Å²) in [5.41, 5.74) is 2.21. The van der Waals surface area contributed by atoms with E-state index < -0.39 is 0 Å². The van der Waals surface area contributed by atoms with Crippen LogP contribution in [0.1, 0.15) is 22.9 Å². The molecule has 5 heteroatoms. The third-order valence-electron chi connectivity index (χ3n) is 4.05. The Kier molecular flexibility index (Phi) is 4.85. The fourth-order valence-corrected chi connectivity index (χ4v) is 3.68. The molecule has 3 nitrogen and oxygen atoms in total. The molecular weight excluding hydrogens is 330 g/mol. The standard InChI is InChI=1S/C18H18ClNO2S/c1-3-20(11-14-5-4-6-23-14)10-13-8-18(21)22-17-7-12(2)16(19)9-15(13)17/h4-9H,3,10-11H2,1-2H3/p+1. The predicted molar refractivity (Wildman–Crippen MR) is 95.5 cm³/mol. The molecule has 1 aromatic carbocycles. The molecule has 23 heavy (non-hydrogen) atoms. The quantitative estimate of drug-likeness (QED) is 0.717. The van der Waals surface area contributed by atoms with Crippen molar-refractivity contribution in [3.63, 3.8) is 0 Å². The van der Waals surface area contributed by atoms with E-state index in [1.165, 1.54) is 9.78 Å². The van der Waals surface area contributed by atoms with Crippen LogP contribution in [0.4, 0.5) is 0 Å². The van der Waals surface area contributed by atoms with Gasteiger partial charge in [0, 0.05) is 22.0 Å². The van der Waals surface area contributed by atoms with Crippen molar-refractivity contribution in [2.24, 2.45) is 0 Å². The monoisotopic (exact) mass is 348 g/mol. The maximum absolute atomic E-state index is 11.9. The molecule has 0 radical (unpaired) electrons.